The summed E-state index contributed by atoms with van der Waals surface area (Å²) >= 11 is 0. The van der Waals surface area contributed by atoms with Gasteiger partial charge in [-0.25, -0.2) is 13.8 Å². The monoisotopic (exact) mass is 473 g/mol. The number of hydrogen-bond donors (Lipinski definition) is 4. The quantitative estimate of drug-likeness (QED) is 0.433. The van der Waals surface area contributed by atoms with Crippen LogP contribution in [0.25, 0.3) is 5.65 Å². The number of aromatic nitrogens is 4. The summed E-state index contributed by atoms with van der Waals surface area (Å²) in [5.41, 5.74) is 0.316. The number of carbonyl (C=O) groups excluding carboxylic acids is 1. The Morgan fingerprint density at radius 3 is 2.76 bits per heavy atom. The fraction of sp³-hybridized carbons (Fsp3) is 0.455. The van der Waals surface area contributed by atoms with Gasteiger partial charge in [-0.05, 0) is 31.4 Å². The summed E-state index contributed by atoms with van der Waals surface area (Å²) in [5.74, 6) is -2.49. The molecule has 1 amide bonds. The Bertz CT molecular complexity index is 1300. The molecular formula is C22H25F2N7O3. The second kappa shape index (κ2) is 8.35. The number of anilines is 3. The van der Waals surface area contributed by atoms with Crippen LogP contribution in [0.4, 0.5) is 26.1 Å². The highest BCUT2D eigenvalue weighted by atomic mass is 19.3. The van der Waals surface area contributed by atoms with Crippen LogP contribution in [-0.2, 0) is 0 Å². The lowest BCUT2D eigenvalue weighted by Crippen LogP contribution is -2.50. The SMILES string of the molecule is CNc1cc(Nc2cccn([C@H]3CCC[C@H]3O)c2=O)nc2c(C(=O)NC3CC(F)(F)C3)cnn12. The van der Waals surface area contributed by atoms with E-state index in [9.17, 15) is 23.5 Å². The number of aliphatic hydroxyl groups excluding tert-OH is 1. The Labute approximate surface area is 193 Å². The van der Waals surface area contributed by atoms with Crippen LogP contribution in [0.5, 0.6) is 0 Å². The molecule has 0 saturated heterocycles. The van der Waals surface area contributed by atoms with Crippen molar-refractivity contribution < 1.29 is 18.7 Å². The van der Waals surface area contributed by atoms with Crippen molar-refractivity contribution in [2.24, 2.45) is 0 Å². The van der Waals surface area contributed by atoms with E-state index in [1.54, 1.807) is 31.4 Å². The second-order valence-electron chi connectivity index (χ2n) is 8.83. The van der Waals surface area contributed by atoms with Crippen LogP contribution in [0.2, 0.25) is 0 Å². The molecule has 3 aromatic rings. The van der Waals surface area contributed by atoms with E-state index in [4.69, 9.17) is 0 Å². The Morgan fingerprint density at radius 2 is 2.09 bits per heavy atom. The highest BCUT2D eigenvalue weighted by Gasteiger charge is 2.46. The maximum absolute atomic E-state index is 13.1. The molecule has 4 N–H and O–H groups in total. The number of carbonyl (C=O) groups is 1. The summed E-state index contributed by atoms with van der Waals surface area (Å²) < 4.78 is 29.2. The average molecular weight is 473 g/mol. The number of rotatable bonds is 6. The van der Waals surface area contributed by atoms with E-state index in [1.807, 2.05) is 0 Å². The summed E-state index contributed by atoms with van der Waals surface area (Å²) in [5, 5.41) is 23.0. The van der Waals surface area contributed by atoms with E-state index in [-0.39, 0.29) is 28.5 Å². The van der Waals surface area contributed by atoms with Gasteiger partial charge < -0.3 is 25.6 Å². The van der Waals surface area contributed by atoms with Gasteiger partial charge in [-0.15, -0.1) is 0 Å². The van der Waals surface area contributed by atoms with Crippen LogP contribution in [0, 0.1) is 0 Å². The van der Waals surface area contributed by atoms with Crippen LogP contribution in [0.15, 0.2) is 35.4 Å². The molecule has 3 heterocycles. The molecule has 34 heavy (non-hydrogen) atoms. The first-order valence-electron chi connectivity index (χ1n) is 11.2. The predicted molar refractivity (Wildman–Crippen MR) is 121 cm³/mol. The fourth-order valence-corrected chi connectivity index (χ4v) is 4.64. The van der Waals surface area contributed by atoms with E-state index in [0.29, 0.717) is 18.1 Å². The molecule has 5 rings (SSSR count). The number of pyridine rings is 1. The first-order valence-corrected chi connectivity index (χ1v) is 11.2. The third kappa shape index (κ3) is 3.98. The number of fused-ring (bicyclic) bond motifs is 1. The van der Waals surface area contributed by atoms with Crippen molar-refractivity contribution in [2.75, 3.05) is 17.7 Å². The molecule has 10 nitrogen and oxygen atoms in total. The molecule has 0 aromatic carbocycles. The van der Waals surface area contributed by atoms with Crippen LogP contribution >= 0.6 is 0 Å². The van der Waals surface area contributed by atoms with Gasteiger partial charge in [-0.2, -0.15) is 9.61 Å². The van der Waals surface area contributed by atoms with Gasteiger partial charge in [0.2, 0.25) is 0 Å². The highest BCUT2D eigenvalue weighted by molar-refractivity contribution is 6.00. The van der Waals surface area contributed by atoms with Crippen molar-refractivity contribution in [3.05, 3.63) is 46.5 Å². The van der Waals surface area contributed by atoms with Crippen molar-refractivity contribution in [3.8, 4) is 0 Å². The standard InChI is InChI=1S/C22H25F2N7O3/c1-25-18-8-17(28-14-4-3-7-30(21(14)34)15-5-2-6-16(15)32)29-19-13(11-26-31(18)19)20(33)27-12-9-22(23,24)10-12/h3-4,7-8,11-12,15-16,25,32H,2,5-6,9-10H2,1H3,(H,27,33)(H,28,29)/t15-,16+/m0/s1. The third-order valence-corrected chi connectivity index (χ3v) is 6.44. The van der Waals surface area contributed by atoms with Crippen molar-refractivity contribution in [2.45, 2.75) is 56.2 Å². The number of hydrogen-bond acceptors (Lipinski definition) is 7. The van der Waals surface area contributed by atoms with Gasteiger partial charge in [-0.1, -0.05) is 0 Å². The van der Waals surface area contributed by atoms with Gasteiger partial charge in [0.1, 0.15) is 22.9 Å². The summed E-state index contributed by atoms with van der Waals surface area (Å²) in [6, 6.07) is 4.09. The van der Waals surface area contributed by atoms with Gasteiger partial charge in [-0.3, -0.25) is 9.59 Å². The van der Waals surface area contributed by atoms with E-state index < -0.39 is 36.8 Å². The highest BCUT2D eigenvalue weighted by Crippen LogP contribution is 2.37. The van der Waals surface area contributed by atoms with Crippen molar-refractivity contribution in [1.29, 1.82) is 0 Å². The molecule has 3 aromatic heterocycles. The van der Waals surface area contributed by atoms with Crippen molar-refractivity contribution >= 4 is 28.9 Å². The lowest BCUT2D eigenvalue weighted by Gasteiger charge is -2.35. The van der Waals surface area contributed by atoms with E-state index in [0.717, 1.165) is 12.8 Å². The van der Waals surface area contributed by atoms with E-state index >= 15 is 0 Å². The summed E-state index contributed by atoms with van der Waals surface area (Å²) in [4.78, 5) is 30.2. The van der Waals surface area contributed by atoms with Crippen LogP contribution in [-0.4, -0.2) is 55.3 Å². The van der Waals surface area contributed by atoms with E-state index in [1.165, 1.54) is 15.3 Å². The third-order valence-electron chi connectivity index (χ3n) is 6.44. The number of aliphatic hydroxyl groups is 1. The first kappa shape index (κ1) is 22.3. The molecule has 2 saturated carbocycles. The first-order chi connectivity index (χ1) is 16.3. The molecular weight excluding hydrogens is 448 g/mol. The zero-order valence-corrected chi connectivity index (χ0v) is 18.5. The predicted octanol–water partition coefficient (Wildman–Crippen LogP) is 2.29. The topological polar surface area (TPSA) is 126 Å². The number of nitrogens with one attached hydrogen (secondary N) is 3. The molecule has 2 aliphatic rings. The Kier molecular flexibility index (Phi) is 5.47. The lowest BCUT2D eigenvalue weighted by molar-refractivity contribution is -0.0901. The summed E-state index contributed by atoms with van der Waals surface area (Å²) in [7, 11) is 1.67. The molecule has 0 spiro atoms. The van der Waals surface area contributed by atoms with Gasteiger partial charge in [0.15, 0.2) is 5.65 Å². The Morgan fingerprint density at radius 1 is 1.29 bits per heavy atom. The maximum atomic E-state index is 13.1. The van der Waals surface area contributed by atoms with Crippen molar-refractivity contribution in [3.63, 3.8) is 0 Å². The maximum Gasteiger partial charge on any atom is 0.274 e. The lowest BCUT2D eigenvalue weighted by atomic mass is 9.88. The number of amides is 1. The molecule has 2 atom stereocenters. The fourth-order valence-electron chi connectivity index (χ4n) is 4.64. The average Bonchev–Trinajstić information content (AvgIpc) is 3.39. The normalized spacial score (nSPS) is 21.9. The Balaban J connectivity index is 1.45. The smallest absolute Gasteiger partial charge is 0.274 e. The minimum Gasteiger partial charge on any atom is -0.391 e. The van der Waals surface area contributed by atoms with Crippen molar-refractivity contribution in [1.82, 2.24) is 24.5 Å². The molecule has 12 heteroatoms. The number of alkyl halides is 2. The van der Waals surface area contributed by atoms with Gasteiger partial charge >= 0.3 is 0 Å². The van der Waals surface area contributed by atoms with Gasteiger partial charge in [0.05, 0.1) is 18.3 Å². The molecule has 2 aliphatic carbocycles. The van der Waals surface area contributed by atoms with E-state index in [2.05, 4.69) is 26.0 Å². The molecule has 0 bridgehead atoms. The zero-order valence-electron chi connectivity index (χ0n) is 18.5. The molecule has 180 valence electrons. The van der Waals surface area contributed by atoms with Gasteiger partial charge in [0.25, 0.3) is 17.4 Å². The number of nitrogens with zero attached hydrogens (tertiary/aromatic N) is 4. The van der Waals surface area contributed by atoms with Crippen LogP contribution < -0.4 is 21.5 Å². The Hall–Kier alpha value is -3.54. The second-order valence-corrected chi connectivity index (χ2v) is 8.83. The van der Waals surface area contributed by atoms with Crippen LogP contribution in [0.3, 0.4) is 0 Å². The summed E-state index contributed by atoms with van der Waals surface area (Å²) in [6.07, 6.45) is 3.86. The minimum absolute atomic E-state index is 0.134. The minimum atomic E-state index is -2.75. The zero-order chi connectivity index (χ0) is 24.0. The van der Waals surface area contributed by atoms with Gasteiger partial charge in [0, 0.05) is 38.2 Å². The van der Waals surface area contributed by atoms with Crippen LogP contribution in [0.1, 0.15) is 48.5 Å². The molecule has 2 fully saturated rings. The summed E-state index contributed by atoms with van der Waals surface area (Å²) in [6.45, 7) is 0. The molecule has 0 unspecified atom stereocenters. The molecule has 0 aliphatic heterocycles. The molecule has 0 radical (unpaired) electrons. The largest absolute Gasteiger partial charge is 0.391 e. The number of halogens is 2.